The first-order chi connectivity index (χ1) is 12.7. The summed E-state index contributed by atoms with van der Waals surface area (Å²) in [5.74, 6) is 2.22. The Hall–Kier alpha value is -2.08. The number of amides is 1. The molecule has 0 radical (unpaired) electrons. The predicted octanol–water partition coefficient (Wildman–Crippen LogP) is 3.04. The van der Waals surface area contributed by atoms with Crippen LogP contribution in [0, 0.1) is 5.41 Å². The molecule has 2 aliphatic heterocycles. The van der Waals surface area contributed by atoms with Gasteiger partial charge in [-0.15, -0.1) is 0 Å². The highest BCUT2D eigenvalue weighted by atomic mass is 16.3. The van der Waals surface area contributed by atoms with Gasteiger partial charge in [-0.05, 0) is 56.8 Å². The van der Waals surface area contributed by atoms with E-state index in [0.717, 1.165) is 56.2 Å². The van der Waals surface area contributed by atoms with Crippen LogP contribution in [0.4, 0.5) is 0 Å². The Labute approximate surface area is 153 Å². The molecule has 1 unspecified atom stereocenters. The molecule has 2 saturated heterocycles. The first kappa shape index (κ1) is 16.1. The lowest BCUT2D eigenvalue weighted by Gasteiger charge is -2.48. The fourth-order valence-electron chi connectivity index (χ4n) is 4.76. The number of carbonyl (C=O) groups excluding carboxylic acids is 1. The number of nitrogens with zero attached hydrogens (tertiary/aromatic N) is 3. The number of furan rings is 1. The number of rotatable bonds is 4. The Bertz CT molecular complexity index is 780. The number of aromatic amines is 1. The number of hydrogen-bond acceptors (Lipinski definition) is 4. The highest BCUT2D eigenvalue weighted by molar-refractivity contribution is 5.78. The number of hydrogen-bond donors (Lipinski definition) is 1. The topological polar surface area (TPSA) is 65.4 Å². The van der Waals surface area contributed by atoms with Gasteiger partial charge in [0, 0.05) is 37.2 Å². The van der Waals surface area contributed by atoms with E-state index in [4.69, 9.17) is 4.42 Å². The molecule has 26 heavy (non-hydrogen) atoms. The quantitative estimate of drug-likeness (QED) is 0.916. The highest BCUT2D eigenvalue weighted by Gasteiger charge is 2.45. The summed E-state index contributed by atoms with van der Waals surface area (Å²) >= 11 is 0. The molecule has 0 aromatic carbocycles. The third-order valence-electron chi connectivity index (χ3n) is 6.23. The van der Waals surface area contributed by atoms with Crippen molar-refractivity contribution in [3.63, 3.8) is 0 Å². The van der Waals surface area contributed by atoms with Crippen LogP contribution in [0.5, 0.6) is 0 Å². The number of carbonyl (C=O) groups is 1. The monoisotopic (exact) mass is 354 g/mol. The van der Waals surface area contributed by atoms with E-state index in [1.807, 2.05) is 12.1 Å². The molecule has 2 aromatic heterocycles. The van der Waals surface area contributed by atoms with Crippen molar-refractivity contribution < 1.29 is 9.21 Å². The van der Waals surface area contributed by atoms with Crippen LogP contribution in [0.2, 0.25) is 0 Å². The van der Waals surface area contributed by atoms with Crippen LogP contribution in [0.15, 0.2) is 28.8 Å². The molecule has 4 heterocycles. The van der Waals surface area contributed by atoms with Gasteiger partial charge in [0.1, 0.15) is 11.5 Å². The molecule has 1 aliphatic carbocycles. The zero-order valence-electron chi connectivity index (χ0n) is 15.1. The number of aromatic nitrogens is 2. The maximum Gasteiger partial charge on any atom is 0.222 e. The van der Waals surface area contributed by atoms with E-state index in [-0.39, 0.29) is 5.41 Å². The average Bonchev–Trinajstić information content (AvgIpc) is 3.14. The fourth-order valence-corrected chi connectivity index (χ4v) is 4.76. The molecular formula is C20H26N4O2. The molecule has 5 rings (SSSR count). The van der Waals surface area contributed by atoms with E-state index in [0.29, 0.717) is 11.9 Å². The van der Waals surface area contributed by atoms with Crippen LogP contribution >= 0.6 is 0 Å². The molecule has 138 valence electrons. The van der Waals surface area contributed by atoms with Crippen molar-refractivity contribution in [2.75, 3.05) is 19.6 Å². The van der Waals surface area contributed by atoms with Crippen LogP contribution in [0.1, 0.15) is 44.3 Å². The van der Waals surface area contributed by atoms with Gasteiger partial charge in [-0.25, -0.2) is 0 Å². The van der Waals surface area contributed by atoms with E-state index in [9.17, 15) is 4.79 Å². The van der Waals surface area contributed by atoms with E-state index in [1.165, 1.54) is 25.7 Å². The van der Waals surface area contributed by atoms with Gasteiger partial charge in [0.05, 0.1) is 6.54 Å². The second kappa shape index (κ2) is 6.27. The molecule has 6 nitrogen and oxygen atoms in total. The Kier molecular flexibility index (Phi) is 3.89. The highest BCUT2D eigenvalue weighted by Crippen LogP contribution is 2.42. The number of H-pyrrole nitrogens is 1. The van der Waals surface area contributed by atoms with Crippen molar-refractivity contribution >= 4 is 5.91 Å². The molecule has 3 aliphatic rings. The number of piperidine rings is 2. The minimum absolute atomic E-state index is 0.285. The van der Waals surface area contributed by atoms with Gasteiger partial charge in [0.2, 0.25) is 5.91 Å². The Balaban J connectivity index is 1.26. The summed E-state index contributed by atoms with van der Waals surface area (Å²) in [6, 6.07) is 6.54. The zero-order chi connectivity index (χ0) is 17.6. The van der Waals surface area contributed by atoms with Crippen LogP contribution in [-0.4, -0.2) is 51.6 Å². The number of likely N-dealkylation sites (tertiary alicyclic amines) is 2. The van der Waals surface area contributed by atoms with Crippen molar-refractivity contribution in [3.8, 4) is 11.5 Å². The van der Waals surface area contributed by atoms with Gasteiger partial charge in [-0.2, -0.15) is 5.10 Å². The minimum atomic E-state index is 0.285. The lowest BCUT2D eigenvalue weighted by Crippen LogP contribution is -2.54. The molecule has 1 N–H and O–H groups in total. The Morgan fingerprint density at radius 2 is 2.15 bits per heavy atom. The minimum Gasteiger partial charge on any atom is -0.458 e. The molecular weight excluding hydrogens is 328 g/mol. The smallest absolute Gasteiger partial charge is 0.222 e. The summed E-state index contributed by atoms with van der Waals surface area (Å²) in [7, 11) is 0. The maximum absolute atomic E-state index is 12.3. The molecule has 1 spiro atoms. The normalized spacial score (nSPS) is 27.4. The first-order valence-corrected chi connectivity index (χ1v) is 9.81. The molecule has 3 fully saturated rings. The molecule has 1 amide bonds. The van der Waals surface area contributed by atoms with E-state index in [1.54, 1.807) is 6.20 Å². The number of nitrogens with one attached hydrogen (secondary N) is 1. The summed E-state index contributed by atoms with van der Waals surface area (Å²) in [6.07, 6.45) is 8.38. The summed E-state index contributed by atoms with van der Waals surface area (Å²) in [6.45, 7) is 3.99. The van der Waals surface area contributed by atoms with Crippen LogP contribution < -0.4 is 0 Å². The molecule has 6 heteroatoms. The van der Waals surface area contributed by atoms with Gasteiger partial charge in [0.15, 0.2) is 5.76 Å². The van der Waals surface area contributed by atoms with Gasteiger partial charge in [-0.3, -0.25) is 14.8 Å². The van der Waals surface area contributed by atoms with Crippen LogP contribution in [-0.2, 0) is 11.3 Å². The maximum atomic E-state index is 12.3. The molecule has 0 bridgehead atoms. The molecule has 2 aromatic rings. The molecule has 1 atom stereocenters. The SMILES string of the molecule is O=C1CCC2(CCCN(Cc3ccc(-c4ccn[nH]4)o3)C2)CN1C1CC1. The van der Waals surface area contributed by atoms with Crippen molar-refractivity contribution in [2.24, 2.45) is 5.41 Å². The van der Waals surface area contributed by atoms with Gasteiger partial charge in [0.25, 0.3) is 0 Å². The second-order valence-corrected chi connectivity index (χ2v) is 8.30. The van der Waals surface area contributed by atoms with Gasteiger partial charge in [-0.1, -0.05) is 0 Å². The first-order valence-electron chi connectivity index (χ1n) is 9.81. The third-order valence-corrected chi connectivity index (χ3v) is 6.23. The summed E-state index contributed by atoms with van der Waals surface area (Å²) in [5.41, 5.74) is 1.20. The summed E-state index contributed by atoms with van der Waals surface area (Å²) in [4.78, 5) is 17.0. The van der Waals surface area contributed by atoms with Gasteiger partial charge < -0.3 is 9.32 Å². The van der Waals surface area contributed by atoms with Gasteiger partial charge >= 0.3 is 0 Å². The van der Waals surface area contributed by atoms with Crippen LogP contribution in [0.3, 0.4) is 0 Å². The van der Waals surface area contributed by atoms with Crippen LogP contribution in [0.25, 0.3) is 11.5 Å². The predicted molar refractivity (Wildman–Crippen MR) is 97.2 cm³/mol. The van der Waals surface area contributed by atoms with Crippen molar-refractivity contribution in [1.82, 2.24) is 20.0 Å². The van der Waals surface area contributed by atoms with Crippen molar-refractivity contribution in [3.05, 3.63) is 30.2 Å². The van der Waals surface area contributed by atoms with E-state index < -0.39 is 0 Å². The Morgan fingerprint density at radius 3 is 2.96 bits per heavy atom. The van der Waals surface area contributed by atoms with E-state index >= 15 is 0 Å². The third kappa shape index (κ3) is 3.07. The summed E-state index contributed by atoms with van der Waals surface area (Å²) in [5, 5.41) is 6.93. The average molecular weight is 354 g/mol. The van der Waals surface area contributed by atoms with Crippen molar-refractivity contribution in [2.45, 2.75) is 51.1 Å². The summed E-state index contributed by atoms with van der Waals surface area (Å²) < 4.78 is 6.02. The zero-order valence-corrected chi connectivity index (χ0v) is 15.1. The van der Waals surface area contributed by atoms with E-state index in [2.05, 4.69) is 26.1 Å². The largest absolute Gasteiger partial charge is 0.458 e. The lowest BCUT2D eigenvalue weighted by atomic mass is 9.73. The Morgan fingerprint density at radius 1 is 1.23 bits per heavy atom. The standard InChI is InChI=1S/C20H26N4O2/c25-19-6-9-20(14-24(19)15-2-3-15)8-1-11-23(13-20)12-16-4-5-18(26-16)17-7-10-21-22-17/h4-5,7,10,15H,1-3,6,8-9,11-14H2,(H,21,22). The fraction of sp³-hybridized carbons (Fsp3) is 0.600. The lowest BCUT2D eigenvalue weighted by molar-refractivity contribution is -0.140. The molecule has 1 saturated carbocycles. The second-order valence-electron chi connectivity index (χ2n) is 8.30. The van der Waals surface area contributed by atoms with Crippen molar-refractivity contribution in [1.29, 1.82) is 0 Å².